The highest BCUT2D eigenvalue weighted by atomic mass is 32.2. The summed E-state index contributed by atoms with van der Waals surface area (Å²) in [6.07, 6.45) is 0. The summed E-state index contributed by atoms with van der Waals surface area (Å²) in [6.45, 7) is 6.65. The van der Waals surface area contributed by atoms with Gasteiger partial charge in [-0.15, -0.1) is 11.3 Å². The number of sulfonamides is 1. The molecular weight excluding hydrogens is 272 g/mol. The summed E-state index contributed by atoms with van der Waals surface area (Å²) >= 11 is 1.30. The predicted octanol–water partition coefficient (Wildman–Crippen LogP) is -0.750. The standard InChI is InChI=1S/C11H18N2O3S2/c1-10-2-3-11(17-10)18(14,15)12-4-5-13-6-8-16-9-7-13/h2-3,12H,4-9H2,1H3/p+1. The minimum atomic E-state index is -3.32. The zero-order valence-electron chi connectivity index (χ0n) is 10.4. The van der Waals surface area contributed by atoms with Crippen LogP contribution >= 0.6 is 11.3 Å². The van der Waals surface area contributed by atoms with Crippen LogP contribution in [0, 0.1) is 6.92 Å². The molecule has 0 spiro atoms. The second-order valence-corrected chi connectivity index (χ2v) is 7.66. The van der Waals surface area contributed by atoms with Crippen LogP contribution in [-0.2, 0) is 14.8 Å². The summed E-state index contributed by atoms with van der Waals surface area (Å²) < 4.78 is 32.2. The van der Waals surface area contributed by atoms with Crippen molar-refractivity contribution in [3.8, 4) is 0 Å². The number of nitrogens with one attached hydrogen (secondary N) is 2. The first-order valence-electron chi connectivity index (χ1n) is 6.05. The molecular formula is C11H19N2O3S2+. The van der Waals surface area contributed by atoms with Crippen molar-refractivity contribution in [3.63, 3.8) is 0 Å². The molecule has 1 aromatic heterocycles. The van der Waals surface area contributed by atoms with Gasteiger partial charge in [0.25, 0.3) is 0 Å². The van der Waals surface area contributed by atoms with E-state index < -0.39 is 10.0 Å². The Morgan fingerprint density at radius 2 is 2.11 bits per heavy atom. The molecule has 1 saturated heterocycles. The molecule has 1 aliphatic heterocycles. The second-order valence-electron chi connectivity index (χ2n) is 4.38. The van der Waals surface area contributed by atoms with Crippen LogP contribution in [0.25, 0.3) is 0 Å². The van der Waals surface area contributed by atoms with Crippen molar-refractivity contribution in [3.05, 3.63) is 17.0 Å². The SMILES string of the molecule is Cc1ccc(S(=O)(=O)NCC[NH+]2CCOCC2)s1. The van der Waals surface area contributed by atoms with Gasteiger partial charge in [-0.2, -0.15) is 0 Å². The van der Waals surface area contributed by atoms with Gasteiger partial charge in [0.05, 0.1) is 26.3 Å². The zero-order valence-corrected chi connectivity index (χ0v) is 12.1. The van der Waals surface area contributed by atoms with E-state index in [1.165, 1.54) is 16.2 Å². The molecule has 1 fully saturated rings. The number of morpholine rings is 1. The maximum atomic E-state index is 12.0. The minimum Gasteiger partial charge on any atom is -0.370 e. The van der Waals surface area contributed by atoms with Crippen molar-refractivity contribution in [1.29, 1.82) is 0 Å². The predicted molar refractivity (Wildman–Crippen MR) is 70.6 cm³/mol. The van der Waals surface area contributed by atoms with Crippen LogP contribution < -0.4 is 9.62 Å². The molecule has 0 radical (unpaired) electrons. The van der Waals surface area contributed by atoms with Crippen LogP contribution in [0.2, 0.25) is 0 Å². The number of thiophene rings is 1. The molecule has 0 atom stereocenters. The van der Waals surface area contributed by atoms with Crippen LogP contribution in [-0.4, -0.2) is 47.8 Å². The van der Waals surface area contributed by atoms with Gasteiger partial charge in [0.1, 0.15) is 17.3 Å². The van der Waals surface area contributed by atoms with Crippen molar-refractivity contribution in [1.82, 2.24) is 4.72 Å². The van der Waals surface area contributed by atoms with Crippen LogP contribution in [0.3, 0.4) is 0 Å². The Morgan fingerprint density at radius 3 is 2.72 bits per heavy atom. The average molecular weight is 291 g/mol. The Morgan fingerprint density at radius 1 is 1.39 bits per heavy atom. The first-order chi connectivity index (χ1) is 8.58. The van der Waals surface area contributed by atoms with Gasteiger partial charge in [-0.25, -0.2) is 13.1 Å². The number of rotatable bonds is 5. The topological polar surface area (TPSA) is 59.8 Å². The van der Waals surface area contributed by atoms with Gasteiger partial charge < -0.3 is 9.64 Å². The molecule has 5 nitrogen and oxygen atoms in total. The summed E-state index contributed by atoms with van der Waals surface area (Å²) in [5, 5.41) is 0. The molecule has 1 aliphatic rings. The summed E-state index contributed by atoms with van der Waals surface area (Å²) in [5.41, 5.74) is 0. The number of hydrogen-bond donors (Lipinski definition) is 2. The Labute approximate surface area is 112 Å². The van der Waals surface area contributed by atoms with Gasteiger partial charge in [0, 0.05) is 4.88 Å². The lowest BCUT2D eigenvalue weighted by molar-refractivity contribution is -0.906. The van der Waals surface area contributed by atoms with Crippen molar-refractivity contribution in [2.24, 2.45) is 0 Å². The molecule has 102 valence electrons. The molecule has 2 rings (SSSR count). The number of ether oxygens (including phenoxy) is 1. The first-order valence-corrected chi connectivity index (χ1v) is 8.35. The third-order valence-electron chi connectivity index (χ3n) is 2.95. The third-order valence-corrected chi connectivity index (χ3v) is 5.90. The summed E-state index contributed by atoms with van der Waals surface area (Å²) in [6, 6.07) is 3.48. The van der Waals surface area contributed by atoms with Crippen molar-refractivity contribution >= 4 is 21.4 Å². The Kier molecular flexibility index (Phi) is 4.74. The molecule has 18 heavy (non-hydrogen) atoms. The summed E-state index contributed by atoms with van der Waals surface area (Å²) in [7, 11) is -3.32. The molecule has 0 unspecified atom stereocenters. The average Bonchev–Trinajstić information content (AvgIpc) is 2.78. The van der Waals surface area contributed by atoms with Gasteiger partial charge >= 0.3 is 0 Å². The van der Waals surface area contributed by atoms with E-state index in [0.29, 0.717) is 10.8 Å². The van der Waals surface area contributed by atoms with Gasteiger partial charge in [-0.05, 0) is 19.1 Å². The zero-order chi connectivity index (χ0) is 13.0. The van der Waals surface area contributed by atoms with E-state index in [-0.39, 0.29) is 0 Å². The summed E-state index contributed by atoms with van der Waals surface area (Å²) in [4.78, 5) is 2.40. The van der Waals surface area contributed by atoms with E-state index in [1.807, 2.05) is 13.0 Å². The molecule has 2 heterocycles. The van der Waals surface area contributed by atoms with Crippen LogP contribution in [0.5, 0.6) is 0 Å². The Balaban J connectivity index is 1.82. The molecule has 0 bridgehead atoms. The smallest absolute Gasteiger partial charge is 0.250 e. The maximum absolute atomic E-state index is 12.0. The normalized spacial score (nSPS) is 18.1. The lowest BCUT2D eigenvalue weighted by atomic mass is 10.4. The fraction of sp³-hybridized carbons (Fsp3) is 0.636. The molecule has 0 saturated carbocycles. The Hall–Kier alpha value is -0.470. The van der Waals surface area contributed by atoms with Gasteiger partial charge in [-0.3, -0.25) is 0 Å². The highest BCUT2D eigenvalue weighted by Gasteiger charge is 2.18. The fourth-order valence-corrected chi connectivity index (χ4v) is 4.26. The van der Waals surface area contributed by atoms with E-state index in [9.17, 15) is 8.42 Å². The van der Waals surface area contributed by atoms with Crippen molar-refractivity contribution < 1.29 is 18.1 Å². The van der Waals surface area contributed by atoms with E-state index in [2.05, 4.69) is 4.72 Å². The van der Waals surface area contributed by atoms with Crippen molar-refractivity contribution in [2.75, 3.05) is 39.4 Å². The van der Waals surface area contributed by atoms with Crippen LogP contribution in [0.1, 0.15) is 4.88 Å². The fourth-order valence-electron chi connectivity index (χ4n) is 1.90. The van der Waals surface area contributed by atoms with Crippen LogP contribution in [0.4, 0.5) is 0 Å². The molecule has 0 aromatic carbocycles. The van der Waals surface area contributed by atoms with Gasteiger partial charge in [0.15, 0.2) is 0 Å². The number of aryl methyl sites for hydroxylation is 1. The molecule has 0 amide bonds. The largest absolute Gasteiger partial charge is 0.370 e. The van der Waals surface area contributed by atoms with Crippen LogP contribution in [0.15, 0.2) is 16.3 Å². The first kappa shape index (κ1) is 14.0. The van der Waals surface area contributed by atoms with Gasteiger partial charge in [-0.1, -0.05) is 0 Å². The highest BCUT2D eigenvalue weighted by Crippen LogP contribution is 2.19. The monoisotopic (exact) mass is 291 g/mol. The molecule has 0 aliphatic carbocycles. The van der Waals surface area contributed by atoms with Gasteiger partial charge in [0.2, 0.25) is 10.0 Å². The Bertz CT molecular complexity index is 478. The number of quaternary nitrogens is 1. The summed E-state index contributed by atoms with van der Waals surface area (Å²) in [5.74, 6) is 0. The van der Waals surface area contributed by atoms with E-state index in [1.54, 1.807) is 6.07 Å². The molecule has 7 heteroatoms. The van der Waals surface area contributed by atoms with E-state index in [4.69, 9.17) is 4.74 Å². The highest BCUT2D eigenvalue weighted by molar-refractivity contribution is 7.91. The number of hydrogen-bond acceptors (Lipinski definition) is 4. The van der Waals surface area contributed by atoms with E-state index in [0.717, 1.165) is 37.7 Å². The lowest BCUT2D eigenvalue weighted by Crippen LogP contribution is -3.14. The van der Waals surface area contributed by atoms with Crippen molar-refractivity contribution in [2.45, 2.75) is 11.1 Å². The van der Waals surface area contributed by atoms with E-state index >= 15 is 0 Å². The lowest BCUT2D eigenvalue weighted by Gasteiger charge is -2.23. The quantitative estimate of drug-likeness (QED) is 0.750. The second kappa shape index (κ2) is 6.12. The minimum absolute atomic E-state index is 0.400. The third kappa shape index (κ3) is 3.76. The molecule has 2 N–H and O–H groups in total. The maximum Gasteiger partial charge on any atom is 0.250 e. The molecule has 1 aromatic rings.